The van der Waals surface area contributed by atoms with Crippen LogP contribution in [-0.2, 0) is 10.0 Å². The van der Waals surface area contributed by atoms with Crippen LogP contribution >= 0.6 is 11.3 Å². The van der Waals surface area contributed by atoms with Crippen molar-refractivity contribution in [2.75, 3.05) is 16.3 Å². The van der Waals surface area contributed by atoms with Crippen LogP contribution in [0.4, 0.5) is 11.4 Å². The number of hydrogen-bond acceptors (Lipinski definition) is 6. The number of benzene rings is 1. The minimum atomic E-state index is -3.34. The third kappa shape index (κ3) is 4.30. The van der Waals surface area contributed by atoms with Crippen molar-refractivity contribution in [3.63, 3.8) is 0 Å². The van der Waals surface area contributed by atoms with E-state index in [9.17, 15) is 13.2 Å². The number of aryl methyl sites for hydroxylation is 2. The second-order valence-electron chi connectivity index (χ2n) is 5.75. The van der Waals surface area contributed by atoms with E-state index < -0.39 is 10.0 Å². The van der Waals surface area contributed by atoms with Crippen LogP contribution < -0.4 is 10.0 Å². The fourth-order valence-corrected chi connectivity index (χ4v) is 3.77. The molecule has 26 heavy (non-hydrogen) atoms. The summed E-state index contributed by atoms with van der Waals surface area (Å²) in [5.41, 5.74) is 1.60. The number of amides is 1. The average Bonchev–Trinajstić information content (AvgIpc) is 3.13. The molecule has 1 amide bonds. The van der Waals surface area contributed by atoms with Crippen molar-refractivity contribution in [1.29, 1.82) is 0 Å². The highest BCUT2D eigenvalue weighted by Crippen LogP contribution is 2.29. The van der Waals surface area contributed by atoms with Crippen LogP contribution in [0.15, 0.2) is 40.8 Å². The summed E-state index contributed by atoms with van der Waals surface area (Å²) in [7, 11) is -3.34. The lowest BCUT2D eigenvalue weighted by Crippen LogP contribution is -2.12. The Kier molecular flexibility index (Phi) is 4.84. The molecule has 7 nitrogen and oxygen atoms in total. The Morgan fingerprint density at radius 2 is 1.73 bits per heavy atom. The monoisotopic (exact) mass is 391 g/mol. The van der Waals surface area contributed by atoms with E-state index in [-0.39, 0.29) is 5.91 Å². The number of thiazole rings is 1. The lowest BCUT2D eigenvalue weighted by atomic mass is 10.3. The Labute approximate surface area is 155 Å². The van der Waals surface area contributed by atoms with Crippen LogP contribution in [0.3, 0.4) is 0 Å². The Balaban J connectivity index is 1.75. The Hall–Kier alpha value is -2.65. The lowest BCUT2D eigenvalue weighted by molar-refractivity contribution is 0.103. The number of carbonyl (C=O) groups is 1. The standard InChI is InChI=1S/C17H17N3O4S2/c1-10-4-9-14(24-10)17-18-11(2)15(25-17)16(21)19-12-5-7-13(8-6-12)20-26(3,22)23/h4-9,20H,1-3H3,(H,19,21). The van der Waals surface area contributed by atoms with E-state index in [0.29, 0.717) is 32.7 Å². The maximum absolute atomic E-state index is 12.5. The van der Waals surface area contributed by atoms with Crippen LogP contribution in [0.2, 0.25) is 0 Å². The normalized spacial score (nSPS) is 11.3. The fraction of sp³-hybridized carbons (Fsp3) is 0.176. The van der Waals surface area contributed by atoms with Crippen molar-refractivity contribution in [1.82, 2.24) is 4.98 Å². The number of nitrogens with one attached hydrogen (secondary N) is 2. The molecule has 0 bridgehead atoms. The van der Waals surface area contributed by atoms with Crippen LogP contribution in [0.25, 0.3) is 10.8 Å². The summed E-state index contributed by atoms with van der Waals surface area (Å²) in [6.07, 6.45) is 1.08. The van der Waals surface area contributed by atoms with Gasteiger partial charge in [-0.2, -0.15) is 0 Å². The van der Waals surface area contributed by atoms with E-state index in [1.807, 2.05) is 19.1 Å². The lowest BCUT2D eigenvalue weighted by Gasteiger charge is -2.07. The number of rotatable bonds is 5. The molecule has 0 unspecified atom stereocenters. The molecule has 0 saturated heterocycles. The Morgan fingerprint density at radius 3 is 2.31 bits per heavy atom. The highest BCUT2D eigenvalue weighted by Gasteiger charge is 2.18. The molecule has 0 fully saturated rings. The summed E-state index contributed by atoms with van der Waals surface area (Å²) in [5.74, 6) is 1.13. The van der Waals surface area contributed by atoms with Gasteiger partial charge in [-0.15, -0.1) is 11.3 Å². The minimum absolute atomic E-state index is 0.279. The summed E-state index contributed by atoms with van der Waals surface area (Å²) < 4.78 is 30.3. The predicted molar refractivity (Wildman–Crippen MR) is 102 cm³/mol. The molecule has 1 aromatic carbocycles. The van der Waals surface area contributed by atoms with Gasteiger partial charge in [-0.25, -0.2) is 13.4 Å². The molecule has 136 valence electrons. The molecular weight excluding hydrogens is 374 g/mol. The third-order valence-electron chi connectivity index (χ3n) is 3.40. The Morgan fingerprint density at radius 1 is 1.08 bits per heavy atom. The van der Waals surface area contributed by atoms with Gasteiger partial charge in [-0.1, -0.05) is 0 Å². The molecule has 0 aliphatic carbocycles. The largest absolute Gasteiger partial charge is 0.459 e. The molecule has 3 rings (SSSR count). The first kappa shape index (κ1) is 18.2. The zero-order valence-corrected chi connectivity index (χ0v) is 16.0. The van der Waals surface area contributed by atoms with Gasteiger partial charge in [0, 0.05) is 11.4 Å². The molecular formula is C17H17N3O4S2. The van der Waals surface area contributed by atoms with Gasteiger partial charge in [0.05, 0.1) is 11.9 Å². The fourth-order valence-electron chi connectivity index (χ4n) is 2.29. The van der Waals surface area contributed by atoms with Gasteiger partial charge in [0.25, 0.3) is 5.91 Å². The van der Waals surface area contributed by atoms with Crippen LogP contribution in [0.1, 0.15) is 21.1 Å². The number of hydrogen-bond donors (Lipinski definition) is 2. The number of sulfonamides is 1. The predicted octanol–water partition coefficient (Wildman–Crippen LogP) is 3.64. The maximum atomic E-state index is 12.5. The van der Waals surface area contributed by atoms with Crippen molar-refractivity contribution in [3.05, 3.63) is 52.7 Å². The van der Waals surface area contributed by atoms with Crippen molar-refractivity contribution in [3.8, 4) is 10.8 Å². The van der Waals surface area contributed by atoms with Crippen LogP contribution in [0.5, 0.6) is 0 Å². The van der Waals surface area contributed by atoms with Crippen LogP contribution in [0, 0.1) is 13.8 Å². The topological polar surface area (TPSA) is 101 Å². The molecule has 0 saturated carbocycles. The van der Waals surface area contributed by atoms with Gasteiger partial charge in [0.2, 0.25) is 10.0 Å². The molecule has 3 aromatic rings. The maximum Gasteiger partial charge on any atom is 0.267 e. The number of furan rings is 1. The van der Waals surface area contributed by atoms with Gasteiger partial charge in [0.15, 0.2) is 10.8 Å². The SMILES string of the molecule is Cc1ccc(-c2nc(C)c(C(=O)Nc3ccc(NS(C)(=O)=O)cc3)s2)o1. The molecule has 2 aromatic heterocycles. The summed E-state index contributed by atoms with van der Waals surface area (Å²) >= 11 is 1.26. The second kappa shape index (κ2) is 6.93. The minimum Gasteiger partial charge on any atom is -0.459 e. The first-order valence-corrected chi connectivity index (χ1v) is 10.4. The van der Waals surface area contributed by atoms with E-state index in [2.05, 4.69) is 15.0 Å². The molecule has 0 radical (unpaired) electrons. The number of anilines is 2. The quantitative estimate of drug-likeness (QED) is 0.691. The zero-order chi connectivity index (χ0) is 18.9. The van der Waals surface area contributed by atoms with E-state index in [0.717, 1.165) is 12.0 Å². The second-order valence-corrected chi connectivity index (χ2v) is 8.50. The number of aromatic nitrogens is 1. The van der Waals surface area contributed by atoms with Gasteiger partial charge in [-0.05, 0) is 50.2 Å². The van der Waals surface area contributed by atoms with E-state index in [4.69, 9.17) is 4.42 Å². The zero-order valence-electron chi connectivity index (χ0n) is 14.4. The average molecular weight is 391 g/mol. The van der Waals surface area contributed by atoms with Gasteiger partial charge in [-0.3, -0.25) is 9.52 Å². The highest BCUT2D eigenvalue weighted by molar-refractivity contribution is 7.92. The van der Waals surface area contributed by atoms with Gasteiger partial charge >= 0.3 is 0 Å². The van der Waals surface area contributed by atoms with Crippen LogP contribution in [-0.4, -0.2) is 25.6 Å². The van der Waals surface area contributed by atoms with Gasteiger partial charge < -0.3 is 9.73 Å². The third-order valence-corrected chi connectivity index (χ3v) is 5.18. The summed E-state index contributed by atoms with van der Waals surface area (Å²) in [6, 6.07) is 10.1. The molecule has 2 N–H and O–H groups in total. The summed E-state index contributed by atoms with van der Waals surface area (Å²) in [4.78, 5) is 17.4. The molecule has 0 atom stereocenters. The Bertz CT molecular complexity index is 1050. The van der Waals surface area contributed by atoms with Crippen molar-refractivity contribution >= 4 is 38.6 Å². The van der Waals surface area contributed by atoms with Gasteiger partial charge in [0.1, 0.15) is 10.6 Å². The smallest absolute Gasteiger partial charge is 0.267 e. The molecule has 2 heterocycles. The number of nitrogens with zero attached hydrogens (tertiary/aromatic N) is 1. The highest BCUT2D eigenvalue weighted by atomic mass is 32.2. The summed E-state index contributed by atoms with van der Waals surface area (Å²) in [5, 5.41) is 3.43. The molecule has 0 spiro atoms. The van der Waals surface area contributed by atoms with E-state index >= 15 is 0 Å². The van der Waals surface area contributed by atoms with Crippen molar-refractivity contribution in [2.24, 2.45) is 0 Å². The summed E-state index contributed by atoms with van der Waals surface area (Å²) in [6.45, 7) is 3.61. The first-order chi connectivity index (χ1) is 12.2. The van der Waals surface area contributed by atoms with Crippen molar-refractivity contribution in [2.45, 2.75) is 13.8 Å². The van der Waals surface area contributed by atoms with Crippen molar-refractivity contribution < 1.29 is 17.6 Å². The number of carbonyl (C=O) groups excluding carboxylic acids is 1. The molecule has 9 heteroatoms. The van der Waals surface area contributed by atoms with E-state index in [1.54, 1.807) is 31.2 Å². The van der Waals surface area contributed by atoms with E-state index in [1.165, 1.54) is 11.3 Å². The molecule has 0 aliphatic rings. The first-order valence-electron chi connectivity index (χ1n) is 7.65. The molecule has 0 aliphatic heterocycles.